The minimum Gasteiger partial charge on any atom is -0.478 e. The van der Waals surface area contributed by atoms with Crippen LogP contribution in [0.5, 0.6) is 0 Å². The third kappa shape index (κ3) is 4.53. The van der Waals surface area contributed by atoms with Crippen LogP contribution in [0.1, 0.15) is 49.7 Å². The summed E-state index contributed by atoms with van der Waals surface area (Å²) >= 11 is 0. The van der Waals surface area contributed by atoms with Crippen molar-refractivity contribution in [2.24, 2.45) is 0 Å². The first kappa shape index (κ1) is 15.9. The zero-order valence-electron chi connectivity index (χ0n) is 12.1. The van der Waals surface area contributed by atoms with Crippen LogP contribution in [0.25, 0.3) is 0 Å². The Bertz CT molecular complexity index is 484. The molecule has 0 aliphatic heterocycles. The molecule has 0 aromatic carbocycles. The summed E-state index contributed by atoms with van der Waals surface area (Å²) in [6.07, 6.45) is 3.09. The van der Waals surface area contributed by atoms with Crippen LogP contribution in [0.2, 0.25) is 0 Å². The molecule has 0 unspecified atom stereocenters. The number of carbonyl (C=O) groups excluding carboxylic acids is 1. The summed E-state index contributed by atoms with van der Waals surface area (Å²) in [6, 6.07) is 2.58. The molecule has 2 amide bonds. The van der Waals surface area contributed by atoms with E-state index in [1.54, 1.807) is 0 Å². The Morgan fingerprint density at radius 2 is 2.00 bits per heavy atom. The fraction of sp³-hybridized carbons (Fsp3) is 0.500. The zero-order chi connectivity index (χ0) is 15.2. The second-order valence-electron chi connectivity index (χ2n) is 4.92. The molecule has 0 radical (unpaired) electrons. The van der Waals surface area contributed by atoms with Crippen molar-refractivity contribution in [1.82, 2.24) is 15.6 Å². The van der Waals surface area contributed by atoms with Gasteiger partial charge in [-0.2, -0.15) is 0 Å². The first-order valence-corrected chi connectivity index (χ1v) is 6.64. The number of amides is 2. The van der Waals surface area contributed by atoms with Gasteiger partial charge >= 0.3 is 12.0 Å². The Morgan fingerprint density at radius 1 is 1.35 bits per heavy atom. The summed E-state index contributed by atoms with van der Waals surface area (Å²) in [5, 5.41) is 14.5. The van der Waals surface area contributed by atoms with Gasteiger partial charge in [0.25, 0.3) is 0 Å². The maximum atomic E-state index is 11.8. The molecule has 1 rings (SSSR count). The van der Waals surface area contributed by atoms with E-state index >= 15 is 0 Å². The van der Waals surface area contributed by atoms with Crippen LogP contribution in [0.15, 0.2) is 18.3 Å². The van der Waals surface area contributed by atoms with E-state index in [1.807, 2.05) is 20.8 Å². The van der Waals surface area contributed by atoms with Gasteiger partial charge in [-0.3, -0.25) is 4.98 Å². The van der Waals surface area contributed by atoms with Crippen LogP contribution in [0.3, 0.4) is 0 Å². The average molecular weight is 279 g/mol. The first-order valence-electron chi connectivity index (χ1n) is 6.64. The molecule has 0 fully saturated rings. The fourth-order valence-corrected chi connectivity index (χ4v) is 1.62. The predicted octanol–water partition coefficient (Wildman–Crippen LogP) is 2.16. The van der Waals surface area contributed by atoms with Gasteiger partial charge in [0.1, 0.15) is 0 Å². The van der Waals surface area contributed by atoms with E-state index in [9.17, 15) is 9.59 Å². The lowest BCUT2D eigenvalue weighted by Gasteiger charge is -2.28. The molecule has 3 N–H and O–H groups in total. The fourth-order valence-electron chi connectivity index (χ4n) is 1.62. The predicted molar refractivity (Wildman–Crippen MR) is 75.6 cm³/mol. The Balaban J connectivity index is 2.57. The van der Waals surface area contributed by atoms with Crippen molar-refractivity contribution in [3.05, 3.63) is 29.6 Å². The lowest BCUT2D eigenvalue weighted by atomic mass is 9.96. The highest BCUT2D eigenvalue weighted by atomic mass is 16.4. The van der Waals surface area contributed by atoms with E-state index in [0.717, 1.165) is 12.8 Å². The van der Waals surface area contributed by atoms with Crippen LogP contribution in [-0.2, 0) is 6.54 Å². The lowest BCUT2D eigenvalue weighted by molar-refractivity contribution is 0.0696. The maximum Gasteiger partial charge on any atom is 0.335 e. The summed E-state index contributed by atoms with van der Waals surface area (Å²) < 4.78 is 0. The molecule has 0 saturated heterocycles. The van der Waals surface area contributed by atoms with E-state index in [2.05, 4.69) is 15.6 Å². The molecule has 0 saturated carbocycles. The molecule has 0 atom stereocenters. The summed E-state index contributed by atoms with van der Waals surface area (Å²) in [5.74, 6) is -1.01. The van der Waals surface area contributed by atoms with Crippen molar-refractivity contribution in [2.45, 2.75) is 45.7 Å². The van der Waals surface area contributed by atoms with Gasteiger partial charge in [-0.1, -0.05) is 13.8 Å². The highest BCUT2D eigenvalue weighted by Gasteiger charge is 2.21. The van der Waals surface area contributed by atoms with Crippen molar-refractivity contribution in [3.8, 4) is 0 Å². The minimum absolute atomic E-state index is 0.157. The number of urea groups is 1. The number of aromatic carboxylic acids is 1. The van der Waals surface area contributed by atoms with Gasteiger partial charge < -0.3 is 15.7 Å². The van der Waals surface area contributed by atoms with Gasteiger partial charge in [-0.15, -0.1) is 0 Å². The number of nitrogens with one attached hydrogen (secondary N) is 2. The van der Waals surface area contributed by atoms with Gasteiger partial charge in [0.05, 0.1) is 17.8 Å². The molecule has 1 aromatic rings. The van der Waals surface area contributed by atoms with E-state index in [1.165, 1.54) is 18.3 Å². The van der Waals surface area contributed by atoms with E-state index in [4.69, 9.17) is 5.11 Å². The zero-order valence-corrected chi connectivity index (χ0v) is 12.1. The highest BCUT2D eigenvalue weighted by molar-refractivity contribution is 5.87. The second-order valence-corrected chi connectivity index (χ2v) is 4.92. The van der Waals surface area contributed by atoms with Crippen molar-refractivity contribution in [2.75, 3.05) is 0 Å². The number of hydrogen-bond acceptors (Lipinski definition) is 3. The summed E-state index contributed by atoms with van der Waals surface area (Å²) in [4.78, 5) is 26.7. The van der Waals surface area contributed by atoms with Crippen LogP contribution in [0.4, 0.5) is 4.79 Å². The van der Waals surface area contributed by atoms with Crippen molar-refractivity contribution >= 4 is 12.0 Å². The van der Waals surface area contributed by atoms with Crippen molar-refractivity contribution < 1.29 is 14.7 Å². The van der Waals surface area contributed by atoms with Crippen molar-refractivity contribution in [1.29, 1.82) is 0 Å². The summed E-state index contributed by atoms with van der Waals surface area (Å²) in [5.41, 5.74) is 0.430. The highest BCUT2D eigenvalue weighted by Crippen LogP contribution is 2.13. The van der Waals surface area contributed by atoms with Gasteiger partial charge in [0, 0.05) is 11.7 Å². The molecule has 0 aliphatic rings. The van der Waals surface area contributed by atoms with Gasteiger partial charge in [0.15, 0.2) is 0 Å². The molecule has 20 heavy (non-hydrogen) atoms. The second kappa shape index (κ2) is 6.88. The Labute approximate surface area is 118 Å². The molecule has 0 bridgehead atoms. The van der Waals surface area contributed by atoms with E-state index in [0.29, 0.717) is 5.69 Å². The molecule has 6 nitrogen and oxygen atoms in total. The number of carboxylic acid groups (broad SMARTS) is 1. The number of carbonyl (C=O) groups is 2. The summed E-state index contributed by atoms with van der Waals surface area (Å²) in [7, 11) is 0. The van der Waals surface area contributed by atoms with E-state index < -0.39 is 5.97 Å². The lowest BCUT2D eigenvalue weighted by Crippen LogP contribution is -2.49. The van der Waals surface area contributed by atoms with Gasteiger partial charge in [-0.05, 0) is 31.9 Å². The number of hydrogen-bond donors (Lipinski definition) is 3. The number of aromatic nitrogens is 1. The quantitative estimate of drug-likeness (QED) is 0.744. The monoisotopic (exact) mass is 279 g/mol. The minimum atomic E-state index is -1.01. The third-order valence-electron chi connectivity index (χ3n) is 3.47. The molecule has 110 valence electrons. The molecule has 0 aliphatic carbocycles. The molecule has 6 heteroatoms. The molecular weight excluding hydrogens is 258 g/mol. The number of carboxylic acids is 1. The SMILES string of the molecule is CCC(C)(CC)NC(=O)NCc1cc(C(=O)O)ccn1. The van der Waals surface area contributed by atoms with Crippen LogP contribution in [0, 0.1) is 0 Å². The molecule has 1 heterocycles. The third-order valence-corrected chi connectivity index (χ3v) is 3.47. The average Bonchev–Trinajstić information content (AvgIpc) is 2.45. The normalized spacial score (nSPS) is 10.9. The van der Waals surface area contributed by atoms with Crippen LogP contribution >= 0.6 is 0 Å². The Kier molecular flexibility index (Phi) is 5.49. The Hall–Kier alpha value is -2.11. The molecular formula is C14H21N3O3. The molecule has 0 spiro atoms. The van der Waals surface area contributed by atoms with Gasteiger partial charge in [0.2, 0.25) is 0 Å². The smallest absolute Gasteiger partial charge is 0.335 e. The topological polar surface area (TPSA) is 91.3 Å². The van der Waals surface area contributed by atoms with E-state index in [-0.39, 0.29) is 23.7 Å². The largest absolute Gasteiger partial charge is 0.478 e. The number of nitrogens with zero attached hydrogens (tertiary/aromatic N) is 1. The number of pyridine rings is 1. The van der Waals surface area contributed by atoms with Crippen LogP contribution in [-0.4, -0.2) is 27.6 Å². The maximum absolute atomic E-state index is 11.8. The standard InChI is InChI=1S/C14H21N3O3/c1-4-14(3,5-2)17-13(20)16-9-11-8-10(12(18)19)6-7-15-11/h6-8H,4-5,9H2,1-3H3,(H,18,19)(H2,16,17,20). The van der Waals surface area contributed by atoms with Gasteiger partial charge in [-0.25, -0.2) is 9.59 Å². The van der Waals surface area contributed by atoms with Crippen LogP contribution < -0.4 is 10.6 Å². The number of rotatable bonds is 6. The Morgan fingerprint density at radius 3 is 2.55 bits per heavy atom. The summed E-state index contributed by atoms with van der Waals surface area (Å²) in [6.45, 7) is 6.20. The molecule has 1 aromatic heterocycles. The van der Waals surface area contributed by atoms with Crippen molar-refractivity contribution in [3.63, 3.8) is 0 Å². The first-order chi connectivity index (χ1) is 9.40.